The predicted molar refractivity (Wildman–Crippen MR) is 80.5 cm³/mol. The largest absolute Gasteiger partial charge is 0.356 e. The van der Waals surface area contributed by atoms with Crippen molar-refractivity contribution in [2.45, 2.75) is 39.2 Å². The Labute approximate surface area is 115 Å². The minimum atomic E-state index is 0.488. The van der Waals surface area contributed by atoms with Crippen molar-refractivity contribution in [2.24, 2.45) is 0 Å². The van der Waals surface area contributed by atoms with Crippen LogP contribution in [0.2, 0.25) is 0 Å². The number of unbranched alkanes of at least 4 members (excludes halogenated alkanes) is 1. The summed E-state index contributed by atoms with van der Waals surface area (Å²) in [6.07, 6.45) is 6.30. The van der Waals surface area contributed by atoms with E-state index < -0.39 is 0 Å². The molecule has 3 nitrogen and oxygen atoms in total. The van der Waals surface area contributed by atoms with Crippen LogP contribution >= 0.6 is 0 Å². The van der Waals surface area contributed by atoms with Gasteiger partial charge in [-0.05, 0) is 17.9 Å². The molecule has 0 aliphatic carbocycles. The highest BCUT2D eigenvalue weighted by Crippen LogP contribution is 2.18. The highest BCUT2D eigenvalue weighted by Gasteiger charge is 2.08. The second-order valence-corrected chi connectivity index (χ2v) is 5.00. The lowest BCUT2D eigenvalue weighted by atomic mass is 10.0. The smallest absolute Gasteiger partial charge is 0.202 e. The zero-order valence-electron chi connectivity index (χ0n) is 11.8. The fraction of sp³-hybridized carbons (Fsp3) is 0.438. The maximum absolute atomic E-state index is 4.39. The molecule has 1 unspecified atom stereocenters. The molecule has 0 spiro atoms. The Morgan fingerprint density at radius 2 is 2.05 bits per heavy atom. The van der Waals surface area contributed by atoms with Crippen LogP contribution in [0.3, 0.4) is 0 Å². The SMILES string of the molecule is CCCCNc1nccn1CC(C)c1ccccc1. The molecule has 3 heteroatoms. The Hall–Kier alpha value is -1.77. The highest BCUT2D eigenvalue weighted by molar-refractivity contribution is 5.27. The molecule has 2 aromatic rings. The maximum atomic E-state index is 4.39. The Kier molecular flexibility index (Phi) is 5.01. The Morgan fingerprint density at radius 1 is 1.26 bits per heavy atom. The van der Waals surface area contributed by atoms with Gasteiger partial charge in [-0.25, -0.2) is 4.98 Å². The lowest BCUT2D eigenvalue weighted by Gasteiger charge is -2.15. The third-order valence-corrected chi connectivity index (χ3v) is 3.37. The molecule has 1 heterocycles. The fourth-order valence-electron chi connectivity index (χ4n) is 2.18. The Morgan fingerprint density at radius 3 is 2.79 bits per heavy atom. The molecule has 1 atom stereocenters. The van der Waals surface area contributed by atoms with Crippen LogP contribution in [0.4, 0.5) is 5.95 Å². The van der Waals surface area contributed by atoms with Crippen molar-refractivity contribution in [2.75, 3.05) is 11.9 Å². The van der Waals surface area contributed by atoms with Crippen molar-refractivity contribution in [1.82, 2.24) is 9.55 Å². The third-order valence-electron chi connectivity index (χ3n) is 3.37. The van der Waals surface area contributed by atoms with E-state index in [1.165, 1.54) is 18.4 Å². The first-order chi connectivity index (χ1) is 9.31. The van der Waals surface area contributed by atoms with Crippen LogP contribution in [0.15, 0.2) is 42.7 Å². The zero-order valence-corrected chi connectivity index (χ0v) is 11.8. The number of nitrogens with one attached hydrogen (secondary N) is 1. The highest BCUT2D eigenvalue weighted by atomic mass is 15.2. The van der Waals surface area contributed by atoms with Crippen molar-refractivity contribution >= 4 is 5.95 Å². The van der Waals surface area contributed by atoms with Gasteiger partial charge >= 0.3 is 0 Å². The molecule has 0 saturated heterocycles. The van der Waals surface area contributed by atoms with E-state index in [9.17, 15) is 0 Å². The van der Waals surface area contributed by atoms with Gasteiger partial charge in [0.2, 0.25) is 5.95 Å². The summed E-state index contributed by atoms with van der Waals surface area (Å²) < 4.78 is 2.20. The summed E-state index contributed by atoms with van der Waals surface area (Å²) in [6.45, 7) is 6.41. The van der Waals surface area contributed by atoms with Crippen LogP contribution in [0, 0.1) is 0 Å². The number of benzene rings is 1. The van der Waals surface area contributed by atoms with Gasteiger partial charge in [0.25, 0.3) is 0 Å². The molecular formula is C16H23N3. The molecule has 0 bridgehead atoms. The summed E-state index contributed by atoms with van der Waals surface area (Å²) in [5.74, 6) is 1.47. The molecule has 102 valence electrons. The number of imidazole rings is 1. The average molecular weight is 257 g/mol. The second-order valence-electron chi connectivity index (χ2n) is 5.00. The van der Waals surface area contributed by atoms with Gasteiger partial charge in [0.05, 0.1) is 0 Å². The lowest BCUT2D eigenvalue weighted by Crippen LogP contribution is -2.11. The van der Waals surface area contributed by atoms with Gasteiger partial charge in [-0.2, -0.15) is 0 Å². The van der Waals surface area contributed by atoms with Crippen LogP contribution in [0.5, 0.6) is 0 Å². The average Bonchev–Trinajstić information content (AvgIpc) is 2.87. The molecule has 1 N–H and O–H groups in total. The van der Waals surface area contributed by atoms with E-state index >= 15 is 0 Å². The van der Waals surface area contributed by atoms with Gasteiger partial charge in [-0.1, -0.05) is 50.6 Å². The van der Waals surface area contributed by atoms with Gasteiger partial charge in [-0.15, -0.1) is 0 Å². The van der Waals surface area contributed by atoms with Crippen LogP contribution < -0.4 is 5.32 Å². The summed E-state index contributed by atoms with van der Waals surface area (Å²) in [6, 6.07) is 10.6. The van der Waals surface area contributed by atoms with Gasteiger partial charge in [0.1, 0.15) is 0 Å². The number of nitrogens with zero attached hydrogens (tertiary/aromatic N) is 2. The summed E-state index contributed by atoms with van der Waals surface area (Å²) >= 11 is 0. The first-order valence-electron chi connectivity index (χ1n) is 7.11. The minimum absolute atomic E-state index is 0.488. The summed E-state index contributed by atoms with van der Waals surface area (Å²) in [7, 11) is 0. The van der Waals surface area contributed by atoms with Crippen molar-refractivity contribution in [3.63, 3.8) is 0 Å². The molecular weight excluding hydrogens is 234 g/mol. The molecule has 1 aromatic heterocycles. The molecule has 0 aliphatic rings. The van der Waals surface area contributed by atoms with Crippen molar-refractivity contribution in [1.29, 1.82) is 0 Å². The molecule has 0 fully saturated rings. The monoisotopic (exact) mass is 257 g/mol. The minimum Gasteiger partial charge on any atom is -0.356 e. The first-order valence-corrected chi connectivity index (χ1v) is 7.11. The number of hydrogen-bond donors (Lipinski definition) is 1. The van der Waals surface area contributed by atoms with E-state index in [1.54, 1.807) is 0 Å². The third kappa shape index (κ3) is 3.85. The van der Waals surface area contributed by atoms with E-state index in [0.717, 1.165) is 19.0 Å². The lowest BCUT2D eigenvalue weighted by molar-refractivity contribution is 0.600. The molecule has 2 rings (SSSR count). The Balaban J connectivity index is 1.97. The molecule has 0 radical (unpaired) electrons. The van der Waals surface area contributed by atoms with E-state index in [1.807, 2.05) is 12.4 Å². The van der Waals surface area contributed by atoms with Gasteiger partial charge in [0, 0.05) is 25.5 Å². The topological polar surface area (TPSA) is 29.9 Å². The molecule has 19 heavy (non-hydrogen) atoms. The number of hydrogen-bond acceptors (Lipinski definition) is 2. The fourth-order valence-corrected chi connectivity index (χ4v) is 2.18. The molecule has 0 amide bonds. The van der Waals surface area contributed by atoms with Crippen molar-refractivity contribution in [3.8, 4) is 0 Å². The second kappa shape index (κ2) is 6.98. The van der Waals surface area contributed by atoms with Gasteiger partial charge in [-0.3, -0.25) is 0 Å². The number of rotatable bonds is 7. The summed E-state index contributed by atoms with van der Waals surface area (Å²) in [5.41, 5.74) is 1.37. The van der Waals surface area contributed by atoms with E-state index in [4.69, 9.17) is 0 Å². The number of aromatic nitrogens is 2. The van der Waals surface area contributed by atoms with Crippen LogP contribution in [-0.4, -0.2) is 16.1 Å². The van der Waals surface area contributed by atoms with Crippen LogP contribution in [0.25, 0.3) is 0 Å². The van der Waals surface area contributed by atoms with Crippen LogP contribution in [0.1, 0.15) is 38.2 Å². The number of anilines is 1. The predicted octanol–water partition coefficient (Wildman–Crippen LogP) is 3.90. The Bertz CT molecular complexity index is 476. The van der Waals surface area contributed by atoms with Crippen LogP contribution in [-0.2, 0) is 6.54 Å². The quantitative estimate of drug-likeness (QED) is 0.762. The van der Waals surface area contributed by atoms with E-state index in [0.29, 0.717) is 5.92 Å². The van der Waals surface area contributed by atoms with Gasteiger partial charge < -0.3 is 9.88 Å². The van der Waals surface area contributed by atoms with Crippen molar-refractivity contribution in [3.05, 3.63) is 48.3 Å². The first kappa shape index (κ1) is 13.7. The summed E-state index contributed by atoms with van der Waals surface area (Å²) in [5, 5.41) is 3.40. The molecule has 1 aromatic carbocycles. The van der Waals surface area contributed by atoms with Gasteiger partial charge in [0.15, 0.2) is 0 Å². The normalized spacial score (nSPS) is 12.3. The van der Waals surface area contributed by atoms with E-state index in [2.05, 4.69) is 59.0 Å². The van der Waals surface area contributed by atoms with Crippen molar-refractivity contribution < 1.29 is 0 Å². The van der Waals surface area contributed by atoms with E-state index in [-0.39, 0.29) is 0 Å². The zero-order chi connectivity index (χ0) is 13.5. The molecule has 0 saturated carbocycles. The summed E-state index contributed by atoms with van der Waals surface area (Å²) in [4.78, 5) is 4.39. The standard InChI is InChI=1S/C16H23N3/c1-3-4-10-17-16-18-11-12-19(16)13-14(2)15-8-6-5-7-9-15/h5-9,11-12,14H,3-4,10,13H2,1-2H3,(H,17,18). The molecule has 0 aliphatic heterocycles. The maximum Gasteiger partial charge on any atom is 0.202 e.